The fraction of sp³-hybridized carbons (Fsp3) is 0.167. The first kappa shape index (κ1) is 17.1. The van der Waals surface area contributed by atoms with Crippen molar-refractivity contribution in [2.75, 3.05) is 22.9 Å². The number of rotatable bonds is 6. The summed E-state index contributed by atoms with van der Waals surface area (Å²) in [6.45, 7) is 2.60. The minimum atomic E-state index is 0.503. The third-order valence-electron chi connectivity index (χ3n) is 3.82. The third-order valence-corrected chi connectivity index (χ3v) is 4.62. The van der Waals surface area contributed by atoms with Crippen molar-refractivity contribution >= 4 is 45.2 Å². The Labute approximate surface area is 160 Å². The number of aromatic nitrogens is 5. The molecule has 0 aliphatic rings. The maximum Gasteiger partial charge on any atom is 0.230 e. The topological polar surface area (TPSA) is 115 Å². The van der Waals surface area contributed by atoms with Crippen molar-refractivity contribution in [2.45, 2.75) is 13.3 Å². The SMILES string of the molecule is Cc1cc(Nc2nc(NCCc3cccc(N)n3)c3ncccc3n2)sn1. The van der Waals surface area contributed by atoms with Gasteiger partial charge in [0.1, 0.15) is 16.3 Å². The highest BCUT2D eigenvalue weighted by molar-refractivity contribution is 7.10. The van der Waals surface area contributed by atoms with Gasteiger partial charge in [0.15, 0.2) is 5.82 Å². The molecule has 0 aromatic carbocycles. The molecule has 0 aliphatic carbocycles. The summed E-state index contributed by atoms with van der Waals surface area (Å²) in [5.41, 5.74) is 9.11. The zero-order valence-corrected chi connectivity index (χ0v) is 15.5. The summed E-state index contributed by atoms with van der Waals surface area (Å²) in [6.07, 6.45) is 2.45. The normalized spacial score (nSPS) is 10.9. The third kappa shape index (κ3) is 4.09. The largest absolute Gasteiger partial charge is 0.384 e. The van der Waals surface area contributed by atoms with Crippen LogP contribution in [0.1, 0.15) is 11.4 Å². The van der Waals surface area contributed by atoms with E-state index in [1.807, 2.05) is 37.3 Å². The van der Waals surface area contributed by atoms with Crippen molar-refractivity contribution < 1.29 is 0 Å². The minimum Gasteiger partial charge on any atom is -0.384 e. The lowest BCUT2D eigenvalue weighted by atomic mass is 10.2. The Kier molecular flexibility index (Phi) is 4.75. The molecule has 4 aromatic heterocycles. The average Bonchev–Trinajstić information content (AvgIpc) is 3.06. The molecule has 0 amide bonds. The van der Waals surface area contributed by atoms with Crippen molar-refractivity contribution in [3.8, 4) is 0 Å². The molecule has 0 saturated carbocycles. The summed E-state index contributed by atoms with van der Waals surface area (Å²) in [7, 11) is 0. The van der Waals surface area contributed by atoms with E-state index in [4.69, 9.17) is 5.73 Å². The number of nitrogens with one attached hydrogen (secondary N) is 2. The van der Waals surface area contributed by atoms with E-state index >= 15 is 0 Å². The van der Waals surface area contributed by atoms with Crippen molar-refractivity contribution in [1.82, 2.24) is 24.3 Å². The molecular weight excluding hydrogens is 360 g/mol. The summed E-state index contributed by atoms with van der Waals surface area (Å²) in [5.74, 6) is 1.70. The Hall–Kier alpha value is -3.33. The van der Waals surface area contributed by atoms with Gasteiger partial charge in [-0.1, -0.05) is 6.07 Å². The van der Waals surface area contributed by atoms with Crippen LogP contribution in [0.5, 0.6) is 0 Å². The molecule has 0 bridgehead atoms. The number of fused-ring (bicyclic) bond motifs is 1. The Morgan fingerprint density at radius 2 is 2.04 bits per heavy atom. The van der Waals surface area contributed by atoms with E-state index in [1.165, 1.54) is 11.5 Å². The molecule has 136 valence electrons. The highest BCUT2D eigenvalue weighted by Gasteiger charge is 2.10. The van der Waals surface area contributed by atoms with Crippen LogP contribution in [-0.4, -0.2) is 30.9 Å². The number of aryl methyl sites for hydroxylation is 1. The highest BCUT2D eigenvalue weighted by Crippen LogP contribution is 2.24. The Balaban J connectivity index is 1.56. The van der Waals surface area contributed by atoms with Crippen LogP contribution < -0.4 is 16.4 Å². The molecule has 8 nitrogen and oxygen atoms in total. The first-order valence-corrected chi connectivity index (χ1v) is 9.23. The predicted octanol–water partition coefficient (Wildman–Crippen LogP) is 3.17. The smallest absolute Gasteiger partial charge is 0.230 e. The van der Waals surface area contributed by atoms with Crippen LogP contribution in [0.25, 0.3) is 11.0 Å². The zero-order chi connectivity index (χ0) is 18.6. The van der Waals surface area contributed by atoms with Crippen LogP contribution in [0.2, 0.25) is 0 Å². The van der Waals surface area contributed by atoms with Crippen LogP contribution in [0.15, 0.2) is 42.6 Å². The average molecular weight is 378 g/mol. The summed E-state index contributed by atoms with van der Waals surface area (Å²) >= 11 is 1.37. The number of anilines is 4. The minimum absolute atomic E-state index is 0.503. The van der Waals surface area contributed by atoms with E-state index in [-0.39, 0.29) is 0 Å². The number of pyridine rings is 2. The van der Waals surface area contributed by atoms with Crippen LogP contribution >= 0.6 is 11.5 Å². The van der Waals surface area contributed by atoms with Crippen LogP contribution in [0.3, 0.4) is 0 Å². The van der Waals surface area contributed by atoms with Gasteiger partial charge in [-0.05, 0) is 48.8 Å². The van der Waals surface area contributed by atoms with Crippen LogP contribution in [0, 0.1) is 6.92 Å². The molecule has 0 atom stereocenters. The van der Waals surface area contributed by atoms with Crippen LogP contribution in [0.4, 0.5) is 22.6 Å². The fourth-order valence-corrected chi connectivity index (χ4v) is 3.28. The maximum absolute atomic E-state index is 5.74. The summed E-state index contributed by atoms with van der Waals surface area (Å²) < 4.78 is 4.27. The first-order chi connectivity index (χ1) is 13.2. The number of nitrogens with zero attached hydrogens (tertiary/aromatic N) is 5. The van der Waals surface area contributed by atoms with Gasteiger partial charge in [-0.15, -0.1) is 0 Å². The predicted molar refractivity (Wildman–Crippen MR) is 108 cm³/mol. The molecule has 0 radical (unpaired) electrons. The number of hydrogen-bond acceptors (Lipinski definition) is 9. The number of nitrogen functional groups attached to an aromatic ring is 1. The van der Waals surface area contributed by atoms with E-state index in [1.54, 1.807) is 12.3 Å². The van der Waals surface area contributed by atoms with Gasteiger partial charge in [0.25, 0.3) is 0 Å². The van der Waals surface area contributed by atoms with Crippen molar-refractivity contribution in [2.24, 2.45) is 0 Å². The molecule has 27 heavy (non-hydrogen) atoms. The molecule has 4 aromatic rings. The van der Waals surface area contributed by atoms with Gasteiger partial charge in [-0.2, -0.15) is 9.36 Å². The van der Waals surface area contributed by atoms with Gasteiger partial charge in [-0.25, -0.2) is 9.97 Å². The zero-order valence-electron chi connectivity index (χ0n) is 14.7. The van der Waals surface area contributed by atoms with E-state index in [0.717, 1.165) is 33.8 Å². The monoisotopic (exact) mass is 378 g/mol. The van der Waals surface area contributed by atoms with E-state index in [9.17, 15) is 0 Å². The van der Waals surface area contributed by atoms with Crippen molar-refractivity contribution in [3.05, 3.63) is 54.0 Å². The summed E-state index contributed by atoms with van der Waals surface area (Å²) in [5, 5.41) is 7.44. The molecule has 4 N–H and O–H groups in total. The second-order valence-corrected chi connectivity index (χ2v) is 6.76. The molecule has 4 rings (SSSR count). The number of nitrogens with two attached hydrogens (primary N) is 1. The second-order valence-electron chi connectivity index (χ2n) is 5.96. The molecule has 0 unspecified atom stereocenters. The van der Waals surface area contributed by atoms with Gasteiger partial charge in [-0.3, -0.25) is 4.98 Å². The lowest BCUT2D eigenvalue weighted by Crippen LogP contribution is -2.10. The molecule has 0 aliphatic heterocycles. The molecule has 4 heterocycles. The van der Waals surface area contributed by atoms with Gasteiger partial charge < -0.3 is 16.4 Å². The lowest BCUT2D eigenvalue weighted by Gasteiger charge is -2.10. The van der Waals surface area contributed by atoms with Gasteiger partial charge in [0.05, 0.1) is 11.2 Å². The second kappa shape index (κ2) is 7.50. The van der Waals surface area contributed by atoms with E-state index in [2.05, 4.69) is 34.9 Å². The van der Waals surface area contributed by atoms with Gasteiger partial charge >= 0.3 is 0 Å². The summed E-state index contributed by atoms with van der Waals surface area (Å²) in [4.78, 5) is 17.9. The first-order valence-electron chi connectivity index (χ1n) is 8.46. The molecule has 0 spiro atoms. The Morgan fingerprint density at radius 3 is 2.85 bits per heavy atom. The standard InChI is InChI=1S/C18H18N8S/c1-11-10-15(27-26-11)24-18-23-13-5-3-8-20-16(13)17(25-18)21-9-7-12-4-2-6-14(19)22-12/h2-6,8,10H,7,9H2,1H3,(H2,19,22)(H2,21,23,24,25). The van der Waals surface area contributed by atoms with E-state index < -0.39 is 0 Å². The maximum atomic E-state index is 5.74. The lowest BCUT2D eigenvalue weighted by molar-refractivity contribution is 0.957. The van der Waals surface area contributed by atoms with Crippen molar-refractivity contribution in [3.63, 3.8) is 0 Å². The highest BCUT2D eigenvalue weighted by atomic mass is 32.1. The van der Waals surface area contributed by atoms with Gasteiger partial charge in [0.2, 0.25) is 5.95 Å². The van der Waals surface area contributed by atoms with Crippen molar-refractivity contribution in [1.29, 1.82) is 0 Å². The van der Waals surface area contributed by atoms with Gasteiger partial charge in [0, 0.05) is 24.9 Å². The molecule has 0 fully saturated rings. The summed E-state index contributed by atoms with van der Waals surface area (Å²) in [6, 6.07) is 11.4. The Bertz CT molecular complexity index is 1080. The quantitative estimate of drug-likeness (QED) is 0.469. The molecule has 0 saturated heterocycles. The van der Waals surface area contributed by atoms with Crippen LogP contribution in [-0.2, 0) is 6.42 Å². The fourth-order valence-electron chi connectivity index (χ4n) is 2.63. The molecule has 9 heteroatoms. The Morgan fingerprint density at radius 1 is 1.11 bits per heavy atom. The number of hydrogen-bond donors (Lipinski definition) is 3. The van der Waals surface area contributed by atoms with E-state index in [0.29, 0.717) is 24.1 Å². The molecular formula is C18H18N8S.